The van der Waals surface area contributed by atoms with E-state index in [0.717, 1.165) is 11.1 Å². The Bertz CT molecular complexity index is 579. The first kappa shape index (κ1) is 15.4. The molecule has 2 aromatic carbocycles. The molecule has 1 atom stereocenters. The molecule has 4 heteroatoms. The number of hydrogen-bond donors (Lipinski definition) is 2. The van der Waals surface area contributed by atoms with Crippen molar-refractivity contribution in [1.29, 1.82) is 0 Å². The maximum absolute atomic E-state index is 10.5. The standard InChI is InChI=1S/C17H20O4/c1-17(19,14-6-4-3-5-7-14)12-21-15-9-8-13(11-18)10-16(15)20-2/h3-10,18-19H,11-12H2,1-2H3. The van der Waals surface area contributed by atoms with E-state index in [1.54, 1.807) is 32.2 Å². The van der Waals surface area contributed by atoms with E-state index in [4.69, 9.17) is 14.6 Å². The van der Waals surface area contributed by atoms with Crippen LogP contribution in [0.4, 0.5) is 0 Å². The van der Waals surface area contributed by atoms with E-state index in [-0.39, 0.29) is 13.2 Å². The predicted molar refractivity (Wildman–Crippen MR) is 80.4 cm³/mol. The molecule has 0 amide bonds. The van der Waals surface area contributed by atoms with Gasteiger partial charge in [0.15, 0.2) is 11.5 Å². The highest BCUT2D eigenvalue weighted by molar-refractivity contribution is 5.43. The monoisotopic (exact) mass is 288 g/mol. The summed E-state index contributed by atoms with van der Waals surface area (Å²) in [5, 5.41) is 19.6. The van der Waals surface area contributed by atoms with Gasteiger partial charge in [0.2, 0.25) is 0 Å². The zero-order valence-electron chi connectivity index (χ0n) is 12.2. The van der Waals surface area contributed by atoms with E-state index in [9.17, 15) is 5.11 Å². The predicted octanol–water partition coefficient (Wildman–Crippen LogP) is 2.47. The number of ether oxygens (including phenoxy) is 2. The Balaban J connectivity index is 2.12. The molecule has 0 aromatic heterocycles. The molecule has 0 radical (unpaired) electrons. The van der Waals surface area contributed by atoms with Gasteiger partial charge < -0.3 is 19.7 Å². The van der Waals surface area contributed by atoms with Gasteiger partial charge in [-0.2, -0.15) is 0 Å². The van der Waals surface area contributed by atoms with Crippen LogP contribution in [-0.4, -0.2) is 23.9 Å². The highest BCUT2D eigenvalue weighted by Gasteiger charge is 2.24. The SMILES string of the molecule is COc1cc(CO)ccc1OCC(C)(O)c1ccccc1. The molecule has 0 aliphatic rings. The Hall–Kier alpha value is -2.04. The Labute approximate surface area is 124 Å². The molecule has 0 saturated heterocycles. The lowest BCUT2D eigenvalue weighted by Crippen LogP contribution is -2.29. The van der Waals surface area contributed by atoms with E-state index in [1.165, 1.54) is 0 Å². The smallest absolute Gasteiger partial charge is 0.161 e. The summed E-state index contributed by atoms with van der Waals surface area (Å²) in [6.07, 6.45) is 0. The number of rotatable bonds is 6. The first-order valence-electron chi connectivity index (χ1n) is 6.75. The van der Waals surface area contributed by atoms with Crippen LogP contribution in [0.1, 0.15) is 18.1 Å². The van der Waals surface area contributed by atoms with E-state index in [2.05, 4.69) is 0 Å². The number of benzene rings is 2. The maximum atomic E-state index is 10.5. The summed E-state index contributed by atoms with van der Waals surface area (Å²) in [5.41, 5.74) is 0.437. The van der Waals surface area contributed by atoms with Gasteiger partial charge in [-0.25, -0.2) is 0 Å². The number of hydrogen-bond acceptors (Lipinski definition) is 4. The van der Waals surface area contributed by atoms with Gasteiger partial charge in [0.25, 0.3) is 0 Å². The van der Waals surface area contributed by atoms with E-state index < -0.39 is 5.60 Å². The molecule has 0 fully saturated rings. The third-order valence-electron chi connectivity index (χ3n) is 3.32. The van der Waals surface area contributed by atoms with Crippen molar-refractivity contribution in [3.63, 3.8) is 0 Å². The minimum Gasteiger partial charge on any atom is -0.493 e. The van der Waals surface area contributed by atoms with Crippen molar-refractivity contribution < 1.29 is 19.7 Å². The third kappa shape index (κ3) is 3.74. The van der Waals surface area contributed by atoms with Crippen LogP contribution >= 0.6 is 0 Å². The topological polar surface area (TPSA) is 58.9 Å². The van der Waals surface area contributed by atoms with Gasteiger partial charge in [-0.15, -0.1) is 0 Å². The lowest BCUT2D eigenvalue weighted by molar-refractivity contribution is 0.00684. The number of aliphatic hydroxyl groups is 2. The second-order valence-electron chi connectivity index (χ2n) is 5.07. The quantitative estimate of drug-likeness (QED) is 0.857. The Morgan fingerprint density at radius 2 is 1.76 bits per heavy atom. The molecule has 0 aliphatic heterocycles. The van der Waals surface area contributed by atoms with E-state index >= 15 is 0 Å². The second kappa shape index (κ2) is 6.61. The van der Waals surface area contributed by atoms with Crippen molar-refractivity contribution >= 4 is 0 Å². The summed E-state index contributed by atoms with van der Waals surface area (Å²) in [4.78, 5) is 0. The fourth-order valence-electron chi connectivity index (χ4n) is 2.03. The Morgan fingerprint density at radius 1 is 1.05 bits per heavy atom. The van der Waals surface area contributed by atoms with Gasteiger partial charge in [0.1, 0.15) is 12.2 Å². The molecule has 0 aliphatic carbocycles. The average molecular weight is 288 g/mol. The maximum Gasteiger partial charge on any atom is 0.161 e. The molecule has 2 rings (SSSR count). The van der Waals surface area contributed by atoms with Crippen LogP contribution in [0.5, 0.6) is 11.5 Å². The van der Waals surface area contributed by atoms with Crippen LogP contribution in [0.15, 0.2) is 48.5 Å². The fourth-order valence-corrected chi connectivity index (χ4v) is 2.03. The van der Waals surface area contributed by atoms with Crippen molar-refractivity contribution in [1.82, 2.24) is 0 Å². The third-order valence-corrected chi connectivity index (χ3v) is 3.32. The van der Waals surface area contributed by atoms with Crippen LogP contribution in [-0.2, 0) is 12.2 Å². The Morgan fingerprint density at radius 3 is 2.38 bits per heavy atom. The summed E-state index contributed by atoms with van der Waals surface area (Å²) in [5.74, 6) is 1.07. The van der Waals surface area contributed by atoms with Crippen LogP contribution in [0.2, 0.25) is 0 Å². The summed E-state index contributed by atoms with van der Waals surface area (Å²) >= 11 is 0. The summed E-state index contributed by atoms with van der Waals surface area (Å²) in [6, 6.07) is 14.6. The van der Waals surface area contributed by atoms with Gasteiger partial charge in [-0.3, -0.25) is 0 Å². The number of methoxy groups -OCH3 is 1. The van der Waals surface area contributed by atoms with Crippen molar-refractivity contribution in [3.05, 3.63) is 59.7 Å². The molecular formula is C17H20O4. The molecule has 0 bridgehead atoms. The minimum absolute atomic E-state index is 0.0572. The van der Waals surface area contributed by atoms with Crippen LogP contribution in [0.3, 0.4) is 0 Å². The molecule has 0 saturated carbocycles. The van der Waals surface area contributed by atoms with Crippen molar-refractivity contribution in [2.24, 2.45) is 0 Å². The summed E-state index contributed by atoms with van der Waals surface area (Å²) in [7, 11) is 1.54. The lowest BCUT2D eigenvalue weighted by Gasteiger charge is -2.24. The molecular weight excluding hydrogens is 268 g/mol. The highest BCUT2D eigenvalue weighted by atomic mass is 16.5. The zero-order valence-corrected chi connectivity index (χ0v) is 12.2. The van der Waals surface area contributed by atoms with Crippen LogP contribution < -0.4 is 9.47 Å². The first-order valence-corrected chi connectivity index (χ1v) is 6.75. The normalized spacial score (nSPS) is 13.5. The van der Waals surface area contributed by atoms with Crippen LogP contribution in [0.25, 0.3) is 0 Å². The molecule has 0 heterocycles. The molecule has 4 nitrogen and oxygen atoms in total. The van der Waals surface area contributed by atoms with Crippen LogP contribution in [0, 0.1) is 0 Å². The van der Waals surface area contributed by atoms with Gasteiger partial charge in [0, 0.05) is 0 Å². The average Bonchev–Trinajstić information content (AvgIpc) is 2.53. The summed E-state index contributed by atoms with van der Waals surface area (Å²) in [6.45, 7) is 1.75. The molecule has 1 unspecified atom stereocenters. The largest absolute Gasteiger partial charge is 0.493 e. The lowest BCUT2D eigenvalue weighted by atomic mass is 9.97. The van der Waals surface area contributed by atoms with Crippen molar-refractivity contribution in [2.45, 2.75) is 19.1 Å². The fraction of sp³-hybridized carbons (Fsp3) is 0.294. The number of aliphatic hydroxyl groups excluding tert-OH is 1. The highest BCUT2D eigenvalue weighted by Crippen LogP contribution is 2.30. The molecule has 112 valence electrons. The van der Waals surface area contributed by atoms with Crippen molar-refractivity contribution in [2.75, 3.05) is 13.7 Å². The van der Waals surface area contributed by atoms with E-state index in [1.807, 2.05) is 30.3 Å². The van der Waals surface area contributed by atoms with Gasteiger partial charge in [-0.1, -0.05) is 36.4 Å². The zero-order chi connectivity index (χ0) is 15.3. The van der Waals surface area contributed by atoms with Crippen molar-refractivity contribution in [3.8, 4) is 11.5 Å². The molecule has 21 heavy (non-hydrogen) atoms. The molecule has 2 N–H and O–H groups in total. The second-order valence-corrected chi connectivity index (χ2v) is 5.07. The first-order chi connectivity index (χ1) is 10.1. The summed E-state index contributed by atoms with van der Waals surface area (Å²) < 4.78 is 10.9. The molecule has 2 aromatic rings. The Kier molecular flexibility index (Phi) is 4.83. The van der Waals surface area contributed by atoms with Gasteiger partial charge >= 0.3 is 0 Å². The van der Waals surface area contributed by atoms with Gasteiger partial charge in [-0.05, 0) is 30.2 Å². The van der Waals surface area contributed by atoms with Gasteiger partial charge in [0.05, 0.1) is 13.7 Å². The van der Waals surface area contributed by atoms with E-state index in [0.29, 0.717) is 11.5 Å². The minimum atomic E-state index is -1.10. The molecule has 0 spiro atoms.